The number of aliphatic hydroxyl groups is 1. The average molecular weight is 227 g/mol. The summed E-state index contributed by atoms with van der Waals surface area (Å²) in [4.78, 5) is 11.0. The van der Waals surface area contributed by atoms with E-state index in [1.54, 1.807) is 13.0 Å². The zero-order valence-electron chi connectivity index (χ0n) is 10.2. The van der Waals surface area contributed by atoms with Gasteiger partial charge in [-0.05, 0) is 13.3 Å². The Kier molecular flexibility index (Phi) is 4.50. The molecule has 1 aliphatic rings. The number of rotatable bonds is 5. The van der Waals surface area contributed by atoms with Crippen molar-refractivity contribution in [1.82, 2.24) is 5.32 Å². The van der Waals surface area contributed by atoms with Gasteiger partial charge in [0.1, 0.15) is 0 Å². The van der Waals surface area contributed by atoms with Crippen molar-refractivity contribution in [2.75, 3.05) is 13.2 Å². The Morgan fingerprint density at radius 3 is 2.81 bits per heavy atom. The third-order valence-electron chi connectivity index (χ3n) is 3.24. The Morgan fingerprint density at radius 2 is 2.31 bits per heavy atom. The number of nitrogens with one attached hydrogen (secondary N) is 1. The van der Waals surface area contributed by atoms with Crippen LogP contribution in [0.3, 0.4) is 0 Å². The normalized spacial score (nSPS) is 27.8. The Hall–Kier alpha value is -0.870. The van der Waals surface area contributed by atoms with Gasteiger partial charge in [-0.3, -0.25) is 0 Å². The molecule has 16 heavy (non-hydrogen) atoms. The second kappa shape index (κ2) is 5.46. The van der Waals surface area contributed by atoms with Crippen molar-refractivity contribution >= 4 is 5.97 Å². The van der Waals surface area contributed by atoms with Crippen molar-refractivity contribution < 1.29 is 14.6 Å². The molecule has 0 amide bonds. The molecule has 0 saturated heterocycles. The molecule has 0 bridgehead atoms. The van der Waals surface area contributed by atoms with Crippen LogP contribution in [0.1, 0.15) is 27.2 Å². The summed E-state index contributed by atoms with van der Waals surface area (Å²) in [5.41, 5.74) is -0.0717. The number of carbonyl (C=O) groups excluding carboxylic acids is 1. The highest BCUT2D eigenvalue weighted by molar-refractivity contribution is 5.81. The zero-order valence-corrected chi connectivity index (χ0v) is 10.2. The summed E-state index contributed by atoms with van der Waals surface area (Å²) in [5.74, 6) is -0.308. The van der Waals surface area contributed by atoms with Gasteiger partial charge in [0.25, 0.3) is 0 Å². The van der Waals surface area contributed by atoms with Gasteiger partial charge in [-0.15, -0.1) is 0 Å². The fraction of sp³-hybridized carbons (Fsp3) is 0.750. The van der Waals surface area contributed by atoms with E-state index in [0.717, 1.165) is 6.42 Å². The van der Waals surface area contributed by atoms with Crippen LogP contribution in [0.2, 0.25) is 0 Å². The van der Waals surface area contributed by atoms with Gasteiger partial charge in [0.15, 0.2) is 0 Å². The summed E-state index contributed by atoms with van der Waals surface area (Å²) in [5, 5.41) is 12.8. The third kappa shape index (κ3) is 3.06. The molecular formula is C12H21NO3. The molecule has 92 valence electrons. The highest BCUT2D eigenvalue weighted by Crippen LogP contribution is 2.40. The van der Waals surface area contributed by atoms with Crippen molar-refractivity contribution in [2.24, 2.45) is 5.41 Å². The summed E-state index contributed by atoms with van der Waals surface area (Å²) < 4.78 is 4.75. The predicted molar refractivity (Wildman–Crippen MR) is 62.0 cm³/mol. The lowest BCUT2D eigenvalue weighted by Crippen LogP contribution is -2.59. The van der Waals surface area contributed by atoms with Crippen LogP contribution in [0.4, 0.5) is 0 Å². The van der Waals surface area contributed by atoms with Crippen LogP contribution in [0, 0.1) is 5.41 Å². The van der Waals surface area contributed by atoms with Gasteiger partial charge in [-0.1, -0.05) is 19.9 Å². The molecule has 0 aromatic rings. The molecule has 2 unspecified atom stereocenters. The molecule has 1 saturated carbocycles. The largest absolute Gasteiger partial charge is 0.463 e. The molecule has 0 aromatic carbocycles. The van der Waals surface area contributed by atoms with E-state index in [-0.39, 0.29) is 17.5 Å². The van der Waals surface area contributed by atoms with Crippen LogP contribution in [0.5, 0.6) is 0 Å². The molecule has 4 nitrogen and oxygen atoms in total. The van der Waals surface area contributed by atoms with Gasteiger partial charge in [-0.25, -0.2) is 4.79 Å². The second-order valence-electron chi connectivity index (χ2n) is 4.69. The quantitative estimate of drug-likeness (QED) is 0.540. The lowest BCUT2D eigenvalue weighted by Gasteiger charge is -2.49. The minimum absolute atomic E-state index is 0.0717. The van der Waals surface area contributed by atoms with E-state index < -0.39 is 0 Å². The number of hydrogen-bond acceptors (Lipinski definition) is 4. The molecule has 0 aliphatic heterocycles. The molecule has 0 radical (unpaired) electrons. The van der Waals surface area contributed by atoms with Gasteiger partial charge >= 0.3 is 5.97 Å². The van der Waals surface area contributed by atoms with E-state index in [1.165, 1.54) is 6.08 Å². The predicted octanol–water partition coefficient (Wildman–Crippen LogP) is 0.855. The fourth-order valence-corrected chi connectivity index (χ4v) is 1.80. The minimum atomic E-state index is -0.308. The molecule has 1 rings (SSSR count). The molecule has 0 heterocycles. The van der Waals surface area contributed by atoms with Crippen molar-refractivity contribution in [3.63, 3.8) is 0 Å². The van der Waals surface area contributed by atoms with Crippen LogP contribution in [-0.2, 0) is 9.53 Å². The maximum atomic E-state index is 11.0. The summed E-state index contributed by atoms with van der Waals surface area (Å²) in [6.07, 6.45) is 3.73. The highest BCUT2D eigenvalue weighted by atomic mass is 16.5. The average Bonchev–Trinajstić information content (AvgIpc) is 2.23. The van der Waals surface area contributed by atoms with Gasteiger partial charge in [0.2, 0.25) is 0 Å². The van der Waals surface area contributed by atoms with Crippen LogP contribution in [0.15, 0.2) is 12.2 Å². The third-order valence-corrected chi connectivity index (χ3v) is 3.24. The Labute approximate surface area is 96.7 Å². The van der Waals surface area contributed by atoms with Gasteiger partial charge in [0.05, 0.1) is 12.7 Å². The first-order valence-electron chi connectivity index (χ1n) is 5.73. The molecule has 1 fully saturated rings. The number of hydrogen-bond donors (Lipinski definition) is 2. The zero-order chi connectivity index (χ0) is 12.2. The van der Waals surface area contributed by atoms with Crippen molar-refractivity contribution in [3.8, 4) is 0 Å². The lowest BCUT2D eigenvalue weighted by atomic mass is 9.64. The smallest absolute Gasteiger partial charge is 0.330 e. The van der Waals surface area contributed by atoms with Crippen LogP contribution in [-0.4, -0.2) is 36.4 Å². The molecule has 0 spiro atoms. The molecular weight excluding hydrogens is 206 g/mol. The van der Waals surface area contributed by atoms with Crippen LogP contribution < -0.4 is 5.32 Å². The number of carbonyl (C=O) groups is 1. The van der Waals surface area contributed by atoms with E-state index in [9.17, 15) is 9.90 Å². The first kappa shape index (κ1) is 13.2. The summed E-state index contributed by atoms with van der Waals surface area (Å²) in [6, 6.07) is 0.314. The Balaban J connectivity index is 2.19. The summed E-state index contributed by atoms with van der Waals surface area (Å²) in [6.45, 7) is 6.88. The van der Waals surface area contributed by atoms with Crippen molar-refractivity contribution in [2.45, 2.75) is 39.3 Å². The van der Waals surface area contributed by atoms with Gasteiger partial charge in [-0.2, -0.15) is 0 Å². The topological polar surface area (TPSA) is 58.6 Å². The number of aliphatic hydroxyl groups excluding tert-OH is 1. The molecule has 0 aromatic heterocycles. The number of ether oxygens (including phenoxy) is 1. The van der Waals surface area contributed by atoms with Crippen molar-refractivity contribution in [3.05, 3.63) is 12.2 Å². The maximum absolute atomic E-state index is 11.0. The highest BCUT2D eigenvalue weighted by Gasteiger charge is 2.46. The van der Waals surface area contributed by atoms with E-state index in [4.69, 9.17) is 4.74 Å². The van der Waals surface area contributed by atoms with E-state index in [0.29, 0.717) is 19.2 Å². The fourth-order valence-electron chi connectivity index (χ4n) is 1.80. The Bertz CT molecular complexity index is 273. The summed E-state index contributed by atoms with van der Waals surface area (Å²) in [7, 11) is 0. The molecule has 4 heteroatoms. The molecule has 2 N–H and O–H groups in total. The standard InChI is InChI=1S/C12H21NO3/c1-4-16-11(15)6-5-7-13-9-8-10(14)12(9,2)3/h5-6,9-10,13-14H,4,7-8H2,1-3H3/b6-5+. The van der Waals surface area contributed by atoms with Crippen LogP contribution >= 0.6 is 0 Å². The summed E-state index contributed by atoms with van der Waals surface area (Å²) >= 11 is 0. The van der Waals surface area contributed by atoms with Gasteiger partial charge < -0.3 is 15.2 Å². The second-order valence-corrected chi connectivity index (χ2v) is 4.69. The van der Waals surface area contributed by atoms with Crippen LogP contribution in [0.25, 0.3) is 0 Å². The van der Waals surface area contributed by atoms with Crippen molar-refractivity contribution in [1.29, 1.82) is 0 Å². The van der Waals surface area contributed by atoms with E-state index >= 15 is 0 Å². The first-order valence-corrected chi connectivity index (χ1v) is 5.73. The lowest BCUT2D eigenvalue weighted by molar-refractivity contribution is -0.137. The Morgan fingerprint density at radius 1 is 1.62 bits per heavy atom. The molecule has 2 atom stereocenters. The van der Waals surface area contributed by atoms with E-state index in [1.807, 2.05) is 13.8 Å². The monoisotopic (exact) mass is 227 g/mol. The SMILES string of the molecule is CCOC(=O)/C=C/CNC1CC(O)C1(C)C. The maximum Gasteiger partial charge on any atom is 0.330 e. The van der Waals surface area contributed by atoms with E-state index in [2.05, 4.69) is 5.32 Å². The minimum Gasteiger partial charge on any atom is -0.463 e. The first-order chi connectivity index (χ1) is 7.48. The van der Waals surface area contributed by atoms with Gasteiger partial charge in [0, 0.05) is 24.1 Å². The number of esters is 1. The molecule has 1 aliphatic carbocycles.